The molecule has 0 aliphatic carbocycles. The third-order valence-corrected chi connectivity index (χ3v) is 2.85. The fourth-order valence-electron chi connectivity index (χ4n) is 1.94. The molecule has 0 aliphatic heterocycles. The van der Waals surface area contributed by atoms with Crippen LogP contribution in [0.1, 0.15) is 24.2 Å². The lowest BCUT2D eigenvalue weighted by molar-refractivity contribution is -0.131. The predicted molar refractivity (Wildman–Crippen MR) is 86.4 cm³/mol. The molecule has 2 rings (SSSR count). The van der Waals surface area contributed by atoms with Crippen molar-refractivity contribution in [1.29, 1.82) is 0 Å². The van der Waals surface area contributed by atoms with E-state index in [0.717, 1.165) is 0 Å². The molecule has 6 nitrogen and oxygen atoms in total. The summed E-state index contributed by atoms with van der Waals surface area (Å²) in [5, 5.41) is 5.32. The first-order valence-corrected chi connectivity index (χ1v) is 6.92. The molecule has 0 unspecified atom stereocenters. The average Bonchev–Trinajstić information content (AvgIpc) is 2.49. The molecule has 2 aromatic carbocycles. The largest absolute Gasteiger partial charge is 0.427 e. The SMILES string of the molecule is CC(=O)Nc1ccc(OC(C)=O)cc1NC(=O)c1ccccc1. The van der Waals surface area contributed by atoms with Gasteiger partial charge in [0.05, 0.1) is 11.4 Å². The summed E-state index contributed by atoms with van der Waals surface area (Å²) in [6, 6.07) is 13.2. The van der Waals surface area contributed by atoms with Gasteiger partial charge in [-0.1, -0.05) is 18.2 Å². The lowest BCUT2D eigenvalue weighted by atomic mass is 10.2. The number of esters is 1. The zero-order valence-electron chi connectivity index (χ0n) is 12.8. The third-order valence-electron chi connectivity index (χ3n) is 2.85. The van der Waals surface area contributed by atoms with Crippen molar-refractivity contribution < 1.29 is 19.1 Å². The summed E-state index contributed by atoms with van der Waals surface area (Å²) in [5.74, 6) is -0.815. The highest BCUT2D eigenvalue weighted by Crippen LogP contribution is 2.28. The lowest BCUT2D eigenvalue weighted by Gasteiger charge is -2.13. The maximum Gasteiger partial charge on any atom is 0.308 e. The van der Waals surface area contributed by atoms with Gasteiger partial charge >= 0.3 is 5.97 Å². The number of anilines is 2. The van der Waals surface area contributed by atoms with Crippen LogP contribution in [0.25, 0.3) is 0 Å². The van der Waals surface area contributed by atoms with Crippen molar-refractivity contribution in [1.82, 2.24) is 0 Å². The molecular weight excluding hydrogens is 296 g/mol. The maximum absolute atomic E-state index is 12.3. The van der Waals surface area contributed by atoms with E-state index < -0.39 is 5.97 Å². The number of carbonyl (C=O) groups excluding carboxylic acids is 3. The van der Waals surface area contributed by atoms with Gasteiger partial charge < -0.3 is 15.4 Å². The molecule has 0 bridgehead atoms. The van der Waals surface area contributed by atoms with Crippen molar-refractivity contribution in [3.8, 4) is 5.75 Å². The molecule has 0 atom stereocenters. The quantitative estimate of drug-likeness (QED) is 0.671. The number of benzene rings is 2. The Morgan fingerprint density at radius 3 is 2.17 bits per heavy atom. The normalized spacial score (nSPS) is 9.83. The van der Waals surface area contributed by atoms with Crippen LogP contribution in [0.4, 0.5) is 11.4 Å². The number of amides is 2. The zero-order valence-corrected chi connectivity index (χ0v) is 12.8. The van der Waals surface area contributed by atoms with Gasteiger partial charge in [0.15, 0.2) is 0 Å². The molecule has 0 radical (unpaired) electrons. The first-order chi connectivity index (χ1) is 11.0. The monoisotopic (exact) mass is 312 g/mol. The van der Waals surface area contributed by atoms with Crippen LogP contribution in [0.3, 0.4) is 0 Å². The summed E-state index contributed by atoms with van der Waals surface area (Å²) in [5.41, 5.74) is 1.23. The number of ether oxygens (including phenoxy) is 1. The molecule has 118 valence electrons. The third kappa shape index (κ3) is 4.67. The predicted octanol–water partition coefficient (Wildman–Crippen LogP) is 2.82. The molecule has 6 heteroatoms. The highest BCUT2D eigenvalue weighted by atomic mass is 16.5. The topological polar surface area (TPSA) is 84.5 Å². The van der Waals surface area contributed by atoms with Crippen molar-refractivity contribution in [3.05, 3.63) is 54.1 Å². The van der Waals surface area contributed by atoms with Gasteiger partial charge in [0.1, 0.15) is 5.75 Å². The molecule has 0 saturated carbocycles. The summed E-state index contributed by atoms with van der Waals surface area (Å²) in [4.78, 5) is 34.6. The Morgan fingerprint density at radius 1 is 0.870 bits per heavy atom. The second-order valence-electron chi connectivity index (χ2n) is 4.80. The maximum atomic E-state index is 12.3. The van der Waals surface area contributed by atoms with Crippen LogP contribution in [-0.2, 0) is 9.59 Å². The van der Waals surface area contributed by atoms with Gasteiger partial charge in [-0.15, -0.1) is 0 Å². The molecular formula is C17H16N2O4. The van der Waals surface area contributed by atoms with E-state index in [4.69, 9.17) is 4.74 Å². The molecule has 0 aliphatic rings. The van der Waals surface area contributed by atoms with E-state index in [-0.39, 0.29) is 17.6 Å². The first-order valence-electron chi connectivity index (χ1n) is 6.92. The summed E-state index contributed by atoms with van der Waals surface area (Å²) < 4.78 is 5.00. The molecule has 2 aromatic rings. The van der Waals surface area contributed by atoms with Crippen molar-refractivity contribution in [3.63, 3.8) is 0 Å². The Balaban J connectivity index is 2.30. The Hall–Kier alpha value is -3.15. The Bertz CT molecular complexity index is 742. The van der Waals surface area contributed by atoms with Crippen molar-refractivity contribution in [2.45, 2.75) is 13.8 Å². The molecule has 2 amide bonds. The van der Waals surface area contributed by atoms with Crippen LogP contribution in [0.15, 0.2) is 48.5 Å². The van der Waals surface area contributed by atoms with Gasteiger partial charge in [-0.25, -0.2) is 0 Å². The lowest BCUT2D eigenvalue weighted by Crippen LogP contribution is -2.15. The van der Waals surface area contributed by atoms with E-state index in [1.165, 1.54) is 26.0 Å². The van der Waals surface area contributed by atoms with Gasteiger partial charge in [0, 0.05) is 25.5 Å². The minimum Gasteiger partial charge on any atom is -0.427 e. The van der Waals surface area contributed by atoms with Crippen LogP contribution in [0.2, 0.25) is 0 Å². The molecule has 2 N–H and O–H groups in total. The minimum atomic E-state index is -0.474. The van der Waals surface area contributed by atoms with E-state index in [1.54, 1.807) is 36.4 Å². The van der Waals surface area contributed by atoms with Gasteiger partial charge in [0.25, 0.3) is 5.91 Å². The fraction of sp³-hybridized carbons (Fsp3) is 0.118. The van der Waals surface area contributed by atoms with E-state index in [9.17, 15) is 14.4 Å². The van der Waals surface area contributed by atoms with E-state index in [0.29, 0.717) is 16.9 Å². The highest BCUT2D eigenvalue weighted by molar-refractivity contribution is 6.07. The Labute approximate surface area is 133 Å². The second kappa shape index (κ2) is 7.22. The molecule has 0 fully saturated rings. The van der Waals surface area contributed by atoms with Crippen molar-refractivity contribution >= 4 is 29.2 Å². The van der Waals surface area contributed by atoms with Crippen molar-refractivity contribution in [2.75, 3.05) is 10.6 Å². The van der Waals surface area contributed by atoms with E-state index in [1.807, 2.05) is 0 Å². The summed E-state index contributed by atoms with van der Waals surface area (Å²) in [6.45, 7) is 2.65. The van der Waals surface area contributed by atoms with Gasteiger partial charge in [0.2, 0.25) is 5.91 Å². The number of carbonyl (C=O) groups is 3. The number of rotatable bonds is 4. The summed E-state index contributed by atoms with van der Waals surface area (Å²) in [7, 11) is 0. The number of nitrogens with one attached hydrogen (secondary N) is 2. The van der Waals surface area contributed by atoms with Crippen molar-refractivity contribution in [2.24, 2.45) is 0 Å². The average molecular weight is 312 g/mol. The molecule has 0 heterocycles. The second-order valence-corrected chi connectivity index (χ2v) is 4.80. The van der Waals surface area contributed by atoms with E-state index in [2.05, 4.69) is 10.6 Å². The molecule has 0 spiro atoms. The smallest absolute Gasteiger partial charge is 0.308 e. The van der Waals surface area contributed by atoms with E-state index >= 15 is 0 Å². The molecule has 0 aromatic heterocycles. The zero-order chi connectivity index (χ0) is 16.8. The van der Waals surface area contributed by atoms with Crippen LogP contribution < -0.4 is 15.4 Å². The van der Waals surface area contributed by atoms with Gasteiger partial charge in [-0.05, 0) is 24.3 Å². The fourth-order valence-corrected chi connectivity index (χ4v) is 1.94. The Kier molecular flexibility index (Phi) is 5.09. The van der Waals surface area contributed by atoms with Crippen LogP contribution in [0, 0.1) is 0 Å². The van der Waals surface area contributed by atoms with Gasteiger partial charge in [-0.2, -0.15) is 0 Å². The summed E-state index contributed by atoms with van der Waals surface area (Å²) in [6.07, 6.45) is 0. The number of hydrogen-bond donors (Lipinski definition) is 2. The molecule has 23 heavy (non-hydrogen) atoms. The first kappa shape index (κ1) is 16.2. The number of hydrogen-bond acceptors (Lipinski definition) is 4. The minimum absolute atomic E-state index is 0.273. The summed E-state index contributed by atoms with van der Waals surface area (Å²) >= 11 is 0. The molecule has 0 saturated heterocycles. The van der Waals surface area contributed by atoms with Crippen LogP contribution in [0.5, 0.6) is 5.75 Å². The van der Waals surface area contributed by atoms with Crippen LogP contribution in [-0.4, -0.2) is 17.8 Å². The Morgan fingerprint density at radius 2 is 1.57 bits per heavy atom. The highest BCUT2D eigenvalue weighted by Gasteiger charge is 2.12. The standard InChI is InChI=1S/C17H16N2O4/c1-11(20)18-15-9-8-14(23-12(2)21)10-16(15)19-17(22)13-6-4-3-5-7-13/h3-10H,1-2H3,(H,18,20)(H,19,22). The van der Waals surface area contributed by atoms with Gasteiger partial charge in [-0.3, -0.25) is 14.4 Å². The van der Waals surface area contributed by atoms with Crippen LogP contribution >= 0.6 is 0 Å².